The smallest absolute Gasteiger partial charge is 0.278 e. The highest BCUT2D eigenvalue weighted by molar-refractivity contribution is 7.10. The molecule has 0 radical (unpaired) electrons. The van der Waals surface area contributed by atoms with Crippen molar-refractivity contribution in [3.8, 4) is 0 Å². The third-order valence-corrected chi connectivity index (χ3v) is 6.01. The molecule has 1 aromatic carbocycles. The molecule has 4 heteroatoms. The van der Waals surface area contributed by atoms with E-state index in [1.807, 2.05) is 11.3 Å². The second kappa shape index (κ2) is 7.49. The molecule has 2 heterocycles. The second-order valence-corrected chi connectivity index (χ2v) is 7.78. The first-order chi connectivity index (χ1) is 11.6. The fraction of sp³-hybridized carbons (Fsp3) is 0.450. The first-order valence-corrected chi connectivity index (χ1v) is 9.73. The van der Waals surface area contributed by atoms with Crippen molar-refractivity contribution in [2.75, 3.05) is 13.1 Å². The van der Waals surface area contributed by atoms with Crippen LogP contribution in [0.2, 0.25) is 0 Å². The van der Waals surface area contributed by atoms with Crippen molar-refractivity contribution in [3.63, 3.8) is 0 Å². The van der Waals surface area contributed by atoms with Gasteiger partial charge in [-0.3, -0.25) is 4.79 Å². The molecule has 0 fully saturated rings. The molecular weight excluding hydrogens is 316 g/mol. The molecule has 0 bridgehead atoms. The molecule has 24 heavy (non-hydrogen) atoms. The number of carbonyl (C=O) groups is 1. The van der Waals surface area contributed by atoms with Gasteiger partial charge in [0.1, 0.15) is 0 Å². The van der Waals surface area contributed by atoms with Gasteiger partial charge < -0.3 is 10.2 Å². The number of benzene rings is 1. The lowest BCUT2D eigenvalue weighted by Gasteiger charge is -2.36. The maximum Gasteiger partial charge on any atom is 0.278 e. The third-order valence-electron chi connectivity index (χ3n) is 5.02. The average Bonchev–Trinajstić information content (AvgIpc) is 3.08. The Labute approximate surface area is 148 Å². The minimum absolute atomic E-state index is 0.0680. The first kappa shape index (κ1) is 17.2. The number of amides is 1. The summed E-state index contributed by atoms with van der Waals surface area (Å²) in [6.07, 6.45) is 2.06. The molecule has 0 spiro atoms. The van der Waals surface area contributed by atoms with Gasteiger partial charge in [-0.15, -0.1) is 11.3 Å². The molecule has 2 atom stereocenters. The summed E-state index contributed by atoms with van der Waals surface area (Å²) in [4.78, 5) is 16.4. The molecular formula is C20H27N2OS+. The summed E-state index contributed by atoms with van der Waals surface area (Å²) in [6.45, 7) is 7.80. The van der Waals surface area contributed by atoms with Crippen LogP contribution in [0, 0.1) is 6.92 Å². The van der Waals surface area contributed by atoms with E-state index < -0.39 is 0 Å². The van der Waals surface area contributed by atoms with Gasteiger partial charge in [-0.25, -0.2) is 0 Å². The van der Waals surface area contributed by atoms with E-state index in [0.717, 1.165) is 19.4 Å². The SMILES string of the molecule is CC[C@H](C)[NH2+]CC(=O)N1CCc2sccc2[C@@H]1c1ccc(C)cc1. The Kier molecular flexibility index (Phi) is 5.36. The molecule has 0 saturated carbocycles. The Morgan fingerprint density at radius 1 is 1.33 bits per heavy atom. The molecule has 1 aliphatic heterocycles. The lowest BCUT2D eigenvalue weighted by Crippen LogP contribution is -2.91. The molecule has 128 valence electrons. The fourth-order valence-corrected chi connectivity index (χ4v) is 4.18. The van der Waals surface area contributed by atoms with E-state index in [9.17, 15) is 4.79 Å². The van der Waals surface area contributed by atoms with Crippen molar-refractivity contribution in [2.24, 2.45) is 0 Å². The van der Waals surface area contributed by atoms with Gasteiger partial charge in [0, 0.05) is 11.4 Å². The van der Waals surface area contributed by atoms with Gasteiger partial charge in [-0.1, -0.05) is 36.8 Å². The topological polar surface area (TPSA) is 36.9 Å². The Balaban J connectivity index is 1.87. The van der Waals surface area contributed by atoms with Gasteiger partial charge in [0.25, 0.3) is 5.91 Å². The van der Waals surface area contributed by atoms with Crippen molar-refractivity contribution < 1.29 is 10.1 Å². The van der Waals surface area contributed by atoms with Crippen LogP contribution in [0.1, 0.15) is 47.9 Å². The summed E-state index contributed by atoms with van der Waals surface area (Å²) in [5.74, 6) is 0.248. The summed E-state index contributed by atoms with van der Waals surface area (Å²) in [5.41, 5.74) is 3.78. The zero-order valence-electron chi connectivity index (χ0n) is 14.8. The van der Waals surface area contributed by atoms with Crippen molar-refractivity contribution in [3.05, 3.63) is 57.3 Å². The molecule has 0 aliphatic carbocycles. The Bertz CT molecular complexity index is 692. The Morgan fingerprint density at radius 3 is 2.79 bits per heavy atom. The van der Waals surface area contributed by atoms with Crippen LogP contribution in [0.15, 0.2) is 35.7 Å². The van der Waals surface area contributed by atoms with Crippen molar-refractivity contribution in [2.45, 2.75) is 45.7 Å². The number of nitrogens with zero attached hydrogens (tertiary/aromatic N) is 1. The van der Waals surface area contributed by atoms with Crippen LogP contribution in [0.5, 0.6) is 0 Å². The minimum Gasteiger partial charge on any atom is -0.336 e. The third kappa shape index (κ3) is 3.55. The van der Waals surface area contributed by atoms with Crippen molar-refractivity contribution >= 4 is 17.2 Å². The maximum atomic E-state index is 12.9. The van der Waals surface area contributed by atoms with Crippen molar-refractivity contribution in [1.82, 2.24) is 4.90 Å². The number of fused-ring (bicyclic) bond motifs is 1. The van der Waals surface area contributed by atoms with Gasteiger partial charge in [-0.2, -0.15) is 0 Å². The number of quaternary nitrogens is 1. The second-order valence-electron chi connectivity index (χ2n) is 6.77. The predicted octanol–water partition coefficient (Wildman–Crippen LogP) is 2.89. The zero-order chi connectivity index (χ0) is 17.1. The number of thiophene rings is 1. The van der Waals surface area contributed by atoms with Crippen molar-refractivity contribution in [1.29, 1.82) is 0 Å². The lowest BCUT2D eigenvalue weighted by molar-refractivity contribution is -0.676. The summed E-state index contributed by atoms with van der Waals surface area (Å²) in [7, 11) is 0. The molecule has 0 saturated heterocycles. The highest BCUT2D eigenvalue weighted by atomic mass is 32.1. The standard InChI is InChI=1S/C20H26N2OS/c1-4-15(3)21-13-19(23)22-11-9-18-17(10-12-24-18)20(22)16-7-5-14(2)6-8-16/h5-8,10,12,15,20-21H,4,9,11,13H2,1-3H3/p+1/t15-,20-/m0/s1. The molecule has 3 nitrogen and oxygen atoms in total. The number of aryl methyl sites for hydroxylation is 1. The van der Waals surface area contributed by atoms with E-state index in [4.69, 9.17) is 0 Å². The molecule has 1 amide bonds. The predicted molar refractivity (Wildman–Crippen MR) is 99.3 cm³/mol. The number of hydrogen-bond donors (Lipinski definition) is 1. The Hall–Kier alpha value is -1.65. The van der Waals surface area contributed by atoms with Crippen LogP contribution in [-0.2, 0) is 11.2 Å². The zero-order valence-corrected chi connectivity index (χ0v) is 15.6. The summed E-state index contributed by atoms with van der Waals surface area (Å²) < 4.78 is 0. The average molecular weight is 344 g/mol. The van der Waals surface area contributed by atoms with Crippen LogP contribution in [-0.4, -0.2) is 29.9 Å². The van der Waals surface area contributed by atoms with E-state index in [0.29, 0.717) is 12.6 Å². The van der Waals surface area contributed by atoms with Gasteiger partial charge >= 0.3 is 0 Å². The molecule has 1 aromatic heterocycles. The number of nitrogens with two attached hydrogens (primary N) is 1. The molecule has 1 aliphatic rings. The van der Waals surface area contributed by atoms with Crippen LogP contribution in [0.4, 0.5) is 0 Å². The quantitative estimate of drug-likeness (QED) is 0.890. The molecule has 3 rings (SSSR count). The fourth-order valence-electron chi connectivity index (χ4n) is 3.28. The van der Waals surface area contributed by atoms with Gasteiger partial charge in [-0.05, 0) is 49.3 Å². The normalized spacial score (nSPS) is 18.3. The van der Waals surface area contributed by atoms with E-state index in [-0.39, 0.29) is 11.9 Å². The summed E-state index contributed by atoms with van der Waals surface area (Å²) >= 11 is 1.82. The summed E-state index contributed by atoms with van der Waals surface area (Å²) in [6, 6.07) is 11.4. The Morgan fingerprint density at radius 2 is 2.08 bits per heavy atom. The minimum atomic E-state index is 0.0680. The monoisotopic (exact) mass is 343 g/mol. The number of hydrogen-bond acceptors (Lipinski definition) is 2. The molecule has 2 N–H and O–H groups in total. The van der Waals surface area contributed by atoms with E-state index in [2.05, 4.69) is 66.7 Å². The van der Waals surface area contributed by atoms with Crippen LogP contribution in [0.25, 0.3) is 0 Å². The van der Waals surface area contributed by atoms with Gasteiger partial charge in [0.05, 0.1) is 12.1 Å². The number of carbonyl (C=O) groups excluding carboxylic acids is 1. The van der Waals surface area contributed by atoms with Gasteiger partial charge in [0.15, 0.2) is 6.54 Å². The number of rotatable bonds is 5. The van der Waals surface area contributed by atoms with Gasteiger partial charge in [0.2, 0.25) is 0 Å². The molecule has 2 aromatic rings. The first-order valence-electron chi connectivity index (χ1n) is 8.85. The highest BCUT2D eigenvalue weighted by Crippen LogP contribution is 2.37. The largest absolute Gasteiger partial charge is 0.336 e. The van der Waals surface area contributed by atoms with E-state index in [1.54, 1.807) is 0 Å². The molecule has 0 unspecified atom stereocenters. The van der Waals surface area contributed by atoms with E-state index >= 15 is 0 Å². The maximum absolute atomic E-state index is 12.9. The summed E-state index contributed by atoms with van der Waals surface area (Å²) in [5, 5.41) is 4.32. The van der Waals surface area contributed by atoms with E-state index in [1.165, 1.54) is 21.6 Å². The van der Waals surface area contributed by atoms with Crippen LogP contribution >= 0.6 is 11.3 Å². The lowest BCUT2D eigenvalue weighted by atomic mass is 9.92. The van der Waals surface area contributed by atoms with Crippen LogP contribution in [0.3, 0.4) is 0 Å². The van der Waals surface area contributed by atoms with Crippen LogP contribution < -0.4 is 5.32 Å². The highest BCUT2D eigenvalue weighted by Gasteiger charge is 2.33.